The summed E-state index contributed by atoms with van der Waals surface area (Å²) in [5, 5.41) is 20.9. The summed E-state index contributed by atoms with van der Waals surface area (Å²) < 4.78 is 37.0. The van der Waals surface area contributed by atoms with E-state index in [9.17, 15) is 33.4 Å². The molecule has 0 bridgehead atoms. The van der Waals surface area contributed by atoms with E-state index in [2.05, 4.69) is 0 Å². The summed E-state index contributed by atoms with van der Waals surface area (Å²) >= 11 is 0. The normalized spacial score (nSPS) is 13.1. The van der Waals surface area contributed by atoms with Crippen molar-refractivity contribution in [3.63, 3.8) is 0 Å². The molecule has 0 radical (unpaired) electrons. The molecule has 0 fully saturated rings. The fourth-order valence-electron chi connectivity index (χ4n) is 1.20. The van der Waals surface area contributed by atoms with Crippen molar-refractivity contribution in [1.29, 1.82) is 0 Å². The highest BCUT2D eigenvalue weighted by Crippen LogP contribution is 2.34. The first kappa shape index (κ1) is 13.8. The Morgan fingerprint density at radius 1 is 1.06 bits per heavy atom. The summed E-state index contributed by atoms with van der Waals surface area (Å²) in [4.78, 5) is 18.9. The number of non-ortho nitro benzene ring substituents is 2. The second-order valence-electron chi connectivity index (χ2n) is 3.32. The molecule has 0 unspecified atom stereocenters. The van der Waals surface area contributed by atoms with Crippen LogP contribution in [-0.4, -0.2) is 16.0 Å². The van der Waals surface area contributed by atoms with Crippen LogP contribution in [0.4, 0.5) is 24.5 Å². The third-order valence-electron chi connectivity index (χ3n) is 2.06. The molecular weight excluding hydrogens is 259 g/mol. The Balaban J connectivity index is 3.36. The van der Waals surface area contributed by atoms with E-state index in [1.807, 2.05) is 0 Å². The molecule has 10 heteroatoms. The molecule has 18 heavy (non-hydrogen) atoms. The van der Waals surface area contributed by atoms with E-state index < -0.39 is 39.0 Å². The zero-order valence-corrected chi connectivity index (χ0v) is 8.55. The molecule has 0 aliphatic heterocycles. The van der Waals surface area contributed by atoms with Crippen LogP contribution in [0.1, 0.15) is 11.6 Å². The topological polar surface area (TPSA) is 112 Å². The SMILES string of the molecule is N[C@H](c1cc([N+](=O)[O-])cc([N+](=O)[O-])c1)C(F)(F)F. The van der Waals surface area contributed by atoms with Gasteiger partial charge in [0.25, 0.3) is 11.4 Å². The molecule has 98 valence electrons. The number of rotatable bonds is 3. The van der Waals surface area contributed by atoms with Crippen LogP contribution in [-0.2, 0) is 0 Å². The molecule has 0 amide bonds. The van der Waals surface area contributed by atoms with E-state index in [0.717, 1.165) is 0 Å². The van der Waals surface area contributed by atoms with Crippen LogP contribution in [0, 0.1) is 20.2 Å². The lowest BCUT2D eigenvalue weighted by Crippen LogP contribution is -2.28. The third kappa shape index (κ3) is 2.91. The summed E-state index contributed by atoms with van der Waals surface area (Å²) in [5.41, 5.74) is 2.47. The summed E-state index contributed by atoms with van der Waals surface area (Å²) in [6, 6.07) is -0.834. The number of benzene rings is 1. The van der Waals surface area contributed by atoms with Gasteiger partial charge in [-0.3, -0.25) is 20.2 Å². The lowest BCUT2D eigenvalue weighted by atomic mass is 10.1. The minimum absolute atomic E-state index is 0.561. The van der Waals surface area contributed by atoms with Crippen molar-refractivity contribution in [2.24, 2.45) is 5.73 Å². The standard InChI is InChI=1S/C8H6F3N3O4/c9-8(10,11)7(12)4-1-5(13(15)16)3-6(2-4)14(17)18/h1-3,7H,12H2/t7-/m1/s1. The van der Waals surface area contributed by atoms with Gasteiger partial charge in [-0.05, 0) is 5.56 Å². The predicted molar refractivity (Wildman–Crippen MR) is 52.7 cm³/mol. The van der Waals surface area contributed by atoms with Gasteiger partial charge in [0.1, 0.15) is 6.04 Å². The van der Waals surface area contributed by atoms with E-state index in [4.69, 9.17) is 5.73 Å². The van der Waals surface area contributed by atoms with Gasteiger partial charge >= 0.3 is 6.18 Å². The van der Waals surface area contributed by atoms with Crippen molar-refractivity contribution in [1.82, 2.24) is 0 Å². The summed E-state index contributed by atoms with van der Waals surface area (Å²) in [6.45, 7) is 0. The molecule has 0 aliphatic carbocycles. The molecule has 1 aromatic rings. The highest BCUT2D eigenvalue weighted by molar-refractivity contribution is 5.47. The first-order valence-electron chi connectivity index (χ1n) is 4.39. The van der Waals surface area contributed by atoms with Crippen LogP contribution in [0.15, 0.2) is 18.2 Å². The van der Waals surface area contributed by atoms with Crippen molar-refractivity contribution >= 4 is 11.4 Å². The number of nitrogens with zero attached hydrogens (tertiary/aromatic N) is 2. The summed E-state index contributed by atoms with van der Waals surface area (Å²) in [6.07, 6.45) is -4.84. The Morgan fingerprint density at radius 2 is 1.44 bits per heavy atom. The van der Waals surface area contributed by atoms with Crippen molar-refractivity contribution in [2.75, 3.05) is 0 Å². The monoisotopic (exact) mass is 265 g/mol. The van der Waals surface area contributed by atoms with Gasteiger partial charge in [-0.25, -0.2) is 0 Å². The Bertz CT molecular complexity index is 471. The highest BCUT2D eigenvalue weighted by atomic mass is 19.4. The van der Waals surface area contributed by atoms with Crippen molar-refractivity contribution in [3.05, 3.63) is 44.0 Å². The average Bonchev–Trinajstić information content (AvgIpc) is 2.26. The van der Waals surface area contributed by atoms with E-state index in [1.54, 1.807) is 0 Å². The Hall–Kier alpha value is -2.23. The maximum atomic E-state index is 12.3. The number of nitrogens with two attached hydrogens (primary N) is 1. The number of halogens is 3. The Labute approximate surface area is 97.3 Å². The van der Waals surface area contributed by atoms with E-state index in [-0.39, 0.29) is 0 Å². The Morgan fingerprint density at radius 3 is 1.72 bits per heavy atom. The van der Waals surface area contributed by atoms with Gasteiger partial charge in [0.15, 0.2) is 0 Å². The van der Waals surface area contributed by atoms with Gasteiger partial charge in [-0.15, -0.1) is 0 Å². The van der Waals surface area contributed by atoms with Crippen LogP contribution in [0.5, 0.6) is 0 Å². The molecule has 0 aromatic heterocycles. The number of hydrogen-bond donors (Lipinski definition) is 1. The smallest absolute Gasteiger partial charge is 0.316 e. The van der Waals surface area contributed by atoms with Gasteiger partial charge in [0, 0.05) is 12.1 Å². The van der Waals surface area contributed by atoms with E-state index in [0.29, 0.717) is 18.2 Å². The quantitative estimate of drug-likeness (QED) is 0.663. The van der Waals surface area contributed by atoms with Gasteiger partial charge in [-0.2, -0.15) is 13.2 Å². The number of nitro benzene ring substituents is 2. The van der Waals surface area contributed by atoms with Gasteiger partial charge < -0.3 is 5.73 Å². The summed E-state index contributed by atoms with van der Waals surface area (Å²) in [5.74, 6) is 0. The van der Waals surface area contributed by atoms with Crippen LogP contribution in [0.3, 0.4) is 0 Å². The molecule has 2 N–H and O–H groups in total. The zero-order valence-electron chi connectivity index (χ0n) is 8.55. The first-order valence-corrected chi connectivity index (χ1v) is 4.39. The molecule has 1 rings (SSSR count). The maximum Gasteiger partial charge on any atom is 0.407 e. The number of alkyl halides is 3. The highest BCUT2D eigenvalue weighted by Gasteiger charge is 2.39. The molecule has 1 atom stereocenters. The van der Waals surface area contributed by atoms with Crippen LogP contribution >= 0.6 is 0 Å². The van der Waals surface area contributed by atoms with Crippen LogP contribution in [0.2, 0.25) is 0 Å². The lowest BCUT2D eigenvalue weighted by Gasteiger charge is -2.15. The predicted octanol–water partition coefficient (Wildman–Crippen LogP) is 2.07. The molecule has 0 heterocycles. The van der Waals surface area contributed by atoms with Gasteiger partial charge in [0.2, 0.25) is 0 Å². The van der Waals surface area contributed by atoms with Crippen molar-refractivity contribution in [3.8, 4) is 0 Å². The molecule has 0 spiro atoms. The third-order valence-corrected chi connectivity index (χ3v) is 2.06. The van der Waals surface area contributed by atoms with E-state index in [1.165, 1.54) is 0 Å². The van der Waals surface area contributed by atoms with Crippen LogP contribution < -0.4 is 5.73 Å². The number of nitro groups is 2. The van der Waals surface area contributed by atoms with Crippen molar-refractivity contribution < 1.29 is 23.0 Å². The fraction of sp³-hybridized carbons (Fsp3) is 0.250. The summed E-state index contributed by atoms with van der Waals surface area (Å²) in [7, 11) is 0. The fourth-order valence-corrected chi connectivity index (χ4v) is 1.20. The van der Waals surface area contributed by atoms with Gasteiger partial charge in [-0.1, -0.05) is 0 Å². The molecule has 0 saturated carbocycles. The largest absolute Gasteiger partial charge is 0.407 e. The minimum Gasteiger partial charge on any atom is -0.316 e. The second kappa shape index (κ2) is 4.56. The van der Waals surface area contributed by atoms with Crippen molar-refractivity contribution in [2.45, 2.75) is 12.2 Å². The van der Waals surface area contributed by atoms with Crippen LogP contribution in [0.25, 0.3) is 0 Å². The average molecular weight is 265 g/mol. The minimum atomic E-state index is -4.84. The zero-order chi connectivity index (χ0) is 14.1. The maximum absolute atomic E-state index is 12.3. The molecule has 0 aliphatic rings. The molecule has 1 aromatic carbocycles. The molecule has 7 nitrogen and oxygen atoms in total. The second-order valence-corrected chi connectivity index (χ2v) is 3.32. The first-order chi connectivity index (χ1) is 8.12. The molecule has 0 saturated heterocycles. The van der Waals surface area contributed by atoms with E-state index >= 15 is 0 Å². The number of hydrogen-bond acceptors (Lipinski definition) is 5. The Kier molecular flexibility index (Phi) is 3.51. The molecular formula is C8H6F3N3O4. The van der Waals surface area contributed by atoms with Gasteiger partial charge in [0.05, 0.1) is 15.9 Å². The lowest BCUT2D eigenvalue weighted by molar-refractivity contribution is -0.394.